The van der Waals surface area contributed by atoms with Gasteiger partial charge in [-0.1, -0.05) is 49.6 Å². The second-order valence-corrected chi connectivity index (χ2v) is 10.2. The highest BCUT2D eigenvalue weighted by molar-refractivity contribution is 6.00. The lowest BCUT2D eigenvalue weighted by atomic mass is 9.79. The van der Waals surface area contributed by atoms with Crippen molar-refractivity contribution in [3.63, 3.8) is 0 Å². The van der Waals surface area contributed by atoms with E-state index in [1.165, 1.54) is 10.8 Å². The Kier molecular flexibility index (Phi) is 5.59. The minimum Gasteiger partial charge on any atom is -0.396 e. The van der Waals surface area contributed by atoms with Crippen LogP contribution in [0.2, 0.25) is 0 Å². The van der Waals surface area contributed by atoms with Gasteiger partial charge in [-0.3, -0.25) is 0 Å². The molecule has 0 saturated heterocycles. The highest BCUT2D eigenvalue weighted by Gasteiger charge is 2.40. The van der Waals surface area contributed by atoms with Crippen molar-refractivity contribution in [2.75, 3.05) is 34.4 Å². The van der Waals surface area contributed by atoms with E-state index in [1.54, 1.807) is 0 Å². The van der Waals surface area contributed by atoms with E-state index >= 15 is 4.39 Å². The fourth-order valence-electron chi connectivity index (χ4n) is 5.34. The van der Waals surface area contributed by atoms with Gasteiger partial charge in [0.05, 0.1) is 17.1 Å². The Morgan fingerprint density at radius 1 is 1.11 bits per heavy atom. The molecule has 5 heteroatoms. The van der Waals surface area contributed by atoms with E-state index in [1.807, 2.05) is 25.1 Å². The molecule has 5 rings (SSSR count). The van der Waals surface area contributed by atoms with E-state index < -0.39 is 5.82 Å². The second kappa shape index (κ2) is 8.49. The Hall–Kier alpha value is -3.73. The van der Waals surface area contributed by atoms with Gasteiger partial charge < -0.3 is 21.3 Å². The zero-order chi connectivity index (χ0) is 24.9. The first kappa shape index (κ1) is 23.0. The van der Waals surface area contributed by atoms with E-state index in [9.17, 15) is 0 Å². The summed E-state index contributed by atoms with van der Waals surface area (Å²) in [5.74, 6) is -0.396. The topological polar surface area (TPSA) is 53.3 Å². The van der Waals surface area contributed by atoms with Gasteiger partial charge in [0.1, 0.15) is 0 Å². The van der Waals surface area contributed by atoms with Gasteiger partial charge in [-0.05, 0) is 56.2 Å². The molecule has 0 aromatic heterocycles. The molecule has 0 fully saturated rings. The first-order valence-corrected chi connectivity index (χ1v) is 12.2. The molecule has 3 aromatic rings. The van der Waals surface area contributed by atoms with Crippen LogP contribution in [-0.4, -0.2) is 18.6 Å². The summed E-state index contributed by atoms with van der Waals surface area (Å²) in [6.07, 6.45) is 3.78. The van der Waals surface area contributed by atoms with E-state index in [0.717, 1.165) is 46.5 Å². The fraction of sp³-hybridized carbons (Fsp3) is 0.267. The number of fused-ring (bicyclic) bond motifs is 1. The van der Waals surface area contributed by atoms with Crippen LogP contribution in [0.3, 0.4) is 0 Å². The lowest BCUT2D eigenvalue weighted by molar-refractivity contribution is 0.441. The normalized spacial score (nSPS) is 16.1. The lowest BCUT2D eigenvalue weighted by Crippen LogP contribution is -2.46. The van der Waals surface area contributed by atoms with Gasteiger partial charge in [-0.15, -0.1) is 0 Å². The Labute approximate surface area is 207 Å². The highest BCUT2D eigenvalue weighted by Crippen LogP contribution is 2.52. The molecule has 0 radical (unpaired) electrons. The van der Waals surface area contributed by atoms with Crippen molar-refractivity contribution in [3.05, 3.63) is 89.9 Å². The van der Waals surface area contributed by atoms with Gasteiger partial charge in [0.25, 0.3) is 0 Å². The second-order valence-electron chi connectivity index (χ2n) is 10.2. The van der Waals surface area contributed by atoms with Crippen LogP contribution in [0.1, 0.15) is 38.3 Å². The quantitative estimate of drug-likeness (QED) is 0.267. The van der Waals surface area contributed by atoms with Crippen molar-refractivity contribution in [2.45, 2.75) is 39.2 Å². The van der Waals surface area contributed by atoms with E-state index in [-0.39, 0.29) is 11.2 Å². The molecule has 3 aromatic carbocycles. The molecule has 180 valence electrons. The Morgan fingerprint density at radius 2 is 1.83 bits per heavy atom. The van der Waals surface area contributed by atoms with E-state index in [4.69, 9.17) is 5.73 Å². The number of halogens is 1. The molecule has 4 nitrogen and oxygen atoms in total. The molecule has 2 heterocycles. The third-order valence-electron chi connectivity index (χ3n) is 7.31. The number of hydrogen-bond donors (Lipinski definition) is 3. The van der Waals surface area contributed by atoms with Crippen LogP contribution in [0.4, 0.5) is 27.1 Å². The van der Waals surface area contributed by atoms with Crippen LogP contribution in [0, 0.1) is 5.82 Å². The molecule has 2 aliphatic rings. The summed E-state index contributed by atoms with van der Waals surface area (Å²) in [5.41, 5.74) is 13.2. The zero-order valence-electron chi connectivity index (χ0n) is 20.8. The molecule has 0 spiro atoms. The Balaban J connectivity index is 1.45. The van der Waals surface area contributed by atoms with Crippen LogP contribution in [0.15, 0.2) is 73.0 Å². The number of nitrogens with zero attached hydrogens (tertiary/aromatic N) is 1. The summed E-state index contributed by atoms with van der Waals surface area (Å²) < 4.78 is 15.7. The smallest absolute Gasteiger partial charge is 0.170 e. The van der Waals surface area contributed by atoms with Gasteiger partial charge >= 0.3 is 0 Å². The van der Waals surface area contributed by atoms with Crippen LogP contribution in [-0.2, 0) is 6.42 Å². The molecule has 0 saturated carbocycles. The third kappa shape index (κ3) is 3.75. The summed E-state index contributed by atoms with van der Waals surface area (Å²) in [6.45, 7) is 16.0. The Morgan fingerprint density at radius 3 is 2.60 bits per heavy atom. The molecular formula is C30H33FN4. The van der Waals surface area contributed by atoms with Crippen LogP contribution in [0.5, 0.6) is 0 Å². The fourth-order valence-corrected chi connectivity index (χ4v) is 5.34. The maximum Gasteiger partial charge on any atom is 0.170 e. The van der Waals surface area contributed by atoms with Crippen molar-refractivity contribution >= 4 is 39.1 Å². The van der Waals surface area contributed by atoms with Crippen LogP contribution in [0.25, 0.3) is 16.3 Å². The monoisotopic (exact) mass is 468 g/mol. The molecule has 2 aliphatic heterocycles. The highest BCUT2D eigenvalue weighted by atomic mass is 19.1. The maximum absolute atomic E-state index is 15.7. The lowest BCUT2D eigenvalue weighted by Gasteiger charge is -2.47. The average Bonchev–Trinajstić information content (AvgIpc) is 2.83. The first-order valence-electron chi connectivity index (χ1n) is 12.2. The SMILES string of the molecule is C=C(C)C1=CN2c3c(c(NCCNc4cccc5ccccc45)c(F)c(N)c3C1=C)CCC2(C)C. The summed E-state index contributed by atoms with van der Waals surface area (Å²) in [5, 5.41) is 9.21. The number of nitrogens with one attached hydrogen (secondary N) is 2. The molecule has 0 unspecified atom stereocenters. The van der Waals surface area contributed by atoms with Crippen molar-refractivity contribution in [1.29, 1.82) is 0 Å². The van der Waals surface area contributed by atoms with Crippen molar-refractivity contribution in [2.24, 2.45) is 0 Å². The van der Waals surface area contributed by atoms with Crippen molar-refractivity contribution in [3.8, 4) is 0 Å². The molecule has 0 amide bonds. The van der Waals surface area contributed by atoms with Gasteiger partial charge in [-0.2, -0.15) is 0 Å². The molecule has 4 N–H and O–H groups in total. The molecule has 0 atom stereocenters. The van der Waals surface area contributed by atoms with Crippen molar-refractivity contribution in [1.82, 2.24) is 0 Å². The summed E-state index contributed by atoms with van der Waals surface area (Å²) >= 11 is 0. The summed E-state index contributed by atoms with van der Waals surface area (Å²) in [7, 11) is 0. The van der Waals surface area contributed by atoms with E-state index in [2.05, 4.69) is 73.0 Å². The average molecular weight is 469 g/mol. The molecule has 0 bridgehead atoms. The minimum absolute atomic E-state index is 0.124. The van der Waals surface area contributed by atoms with Gasteiger partial charge in [0, 0.05) is 52.6 Å². The first-order chi connectivity index (χ1) is 16.7. The Bertz CT molecular complexity index is 1390. The van der Waals surface area contributed by atoms with Gasteiger partial charge in [-0.25, -0.2) is 4.39 Å². The van der Waals surface area contributed by atoms with Crippen molar-refractivity contribution < 1.29 is 4.39 Å². The number of nitrogens with two attached hydrogens (primary N) is 1. The molecular weight excluding hydrogens is 435 g/mol. The van der Waals surface area contributed by atoms with Crippen LogP contribution >= 0.6 is 0 Å². The predicted molar refractivity (Wildman–Crippen MR) is 149 cm³/mol. The molecule has 0 aliphatic carbocycles. The number of rotatable bonds is 6. The standard InChI is InChI=1S/C30H33FN4/c1-18(2)23-17-35-29-22(13-14-30(35,4)5)28(26(31)27(32)25(29)19(23)3)34-16-15-33-24-12-8-10-20-9-6-7-11-21(20)24/h6-12,17,33-34H,1,3,13-16,32H2,2,4-5H3. The van der Waals surface area contributed by atoms with E-state index in [0.29, 0.717) is 24.3 Å². The largest absolute Gasteiger partial charge is 0.396 e. The zero-order valence-corrected chi connectivity index (χ0v) is 20.8. The predicted octanol–water partition coefficient (Wildman–Crippen LogP) is 7.10. The summed E-state index contributed by atoms with van der Waals surface area (Å²) in [4.78, 5) is 2.25. The number of anilines is 4. The third-order valence-corrected chi connectivity index (χ3v) is 7.31. The number of hydrogen-bond acceptors (Lipinski definition) is 4. The number of nitrogen functional groups attached to an aromatic ring is 1. The number of allylic oxidation sites excluding steroid dienone is 3. The van der Waals surface area contributed by atoms with Gasteiger partial charge in [0.2, 0.25) is 0 Å². The summed E-state index contributed by atoms with van der Waals surface area (Å²) in [6, 6.07) is 14.5. The number of benzene rings is 3. The maximum atomic E-state index is 15.7. The van der Waals surface area contributed by atoms with Crippen LogP contribution < -0.4 is 21.3 Å². The van der Waals surface area contributed by atoms with Gasteiger partial charge in [0.15, 0.2) is 5.82 Å². The molecule has 35 heavy (non-hydrogen) atoms. The minimum atomic E-state index is -0.396.